The molecule has 0 fully saturated rings. The van der Waals surface area contributed by atoms with Gasteiger partial charge in [0.1, 0.15) is 11.6 Å². The first kappa shape index (κ1) is 20.8. The van der Waals surface area contributed by atoms with Crippen LogP contribution >= 0.6 is 0 Å². The van der Waals surface area contributed by atoms with Gasteiger partial charge in [-0.1, -0.05) is 24.3 Å². The minimum absolute atomic E-state index is 0.220. The van der Waals surface area contributed by atoms with Crippen molar-refractivity contribution in [1.29, 1.82) is 0 Å². The van der Waals surface area contributed by atoms with Gasteiger partial charge in [-0.05, 0) is 43.0 Å². The topological polar surface area (TPSA) is 80.2 Å². The number of nitrogens with zero attached hydrogens (tertiary/aromatic N) is 4. The third-order valence-corrected chi connectivity index (χ3v) is 5.32. The number of carbonyl (C=O) groups is 1. The zero-order valence-electron chi connectivity index (χ0n) is 17.8. The predicted octanol–water partition coefficient (Wildman–Crippen LogP) is 3.51. The smallest absolute Gasteiger partial charge is 0.307 e. The number of hydrogen-bond acceptors (Lipinski definition) is 7. The number of fused-ring (bicyclic) bond motifs is 1. The van der Waals surface area contributed by atoms with Gasteiger partial charge in [-0.2, -0.15) is 0 Å². The van der Waals surface area contributed by atoms with Gasteiger partial charge in [-0.3, -0.25) is 9.78 Å². The molecule has 0 aliphatic carbocycles. The second-order valence-electron chi connectivity index (χ2n) is 7.41. The first-order valence-electron chi connectivity index (χ1n) is 10.7. The van der Waals surface area contributed by atoms with Crippen LogP contribution in [0, 0.1) is 0 Å². The summed E-state index contributed by atoms with van der Waals surface area (Å²) in [4.78, 5) is 27.7. The molecular weight excluding hydrogens is 390 g/mol. The van der Waals surface area contributed by atoms with Crippen LogP contribution in [-0.2, 0) is 22.4 Å². The van der Waals surface area contributed by atoms with Crippen molar-refractivity contribution in [2.75, 3.05) is 36.5 Å². The molecule has 0 unspecified atom stereocenters. The number of rotatable bonds is 7. The largest absolute Gasteiger partial charge is 0.466 e. The summed E-state index contributed by atoms with van der Waals surface area (Å²) in [7, 11) is 0. The van der Waals surface area contributed by atoms with E-state index in [1.165, 1.54) is 11.1 Å². The Bertz CT molecular complexity index is 998. The van der Waals surface area contributed by atoms with Gasteiger partial charge < -0.3 is 15.0 Å². The monoisotopic (exact) mass is 417 g/mol. The molecule has 7 heteroatoms. The van der Waals surface area contributed by atoms with Crippen LogP contribution in [0.25, 0.3) is 11.4 Å². The summed E-state index contributed by atoms with van der Waals surface area (Å²) < 4.78 is 5.01. The molecule has 1 N–H and O–H groups in total. The van der Waals surface area contributed by atoms with E-state index in [1.54, 1.807) is 12.4 Å². The summed E-state index contributed by atoms with van der Waals surface area (Å²) in [6.07, 6.45) is 5.74. The van der Waals surface area contributed by atoms with E-state index in [9.17, 15) is 4.79 Å². The van der Waals surface area contributed by atoms with Crippen LogP contribution in [0.5, 0.6) is 0 Å². The normalized spacial score (nSPS) is 13.3. The predicted molar refractivity (Wildman–Crippen MR) is 121 cm³/mol. The highest BCUT2D eigenvalue weighted by molar-refractivity contribution is 5.70. The van der Waals surface area contributed by atoms with Crippen LogP contribution in [0.4, 0.5) is 11.6 Å². The first-order valence-corrected chi connectivity index (χ1v) is 10.7. The Kier molecular flexibility index (Phi) is 6.72. The van der Waals surface area contributed by atoms with E-state index in [0.29, 0.717) is 24.8 Å². The number of aromatic nitrogens is 3. The van der Waals surface area contributed by atoms with Gasteiger partial charge in [0.2, 0.25) is 0 Å². The number of pyridine rings is 1. The molecule has 0 radical (unpaired) electrons. The molecule has 1 aromatic carbocycles. The number of anilines is 2. The fraction of sp³-hybridized carbons (Fsp3) is 0.333. The van der Waals surface area contributed by atoms with E-state index in [2.05, 4.69) is 44.5 Å². The van der Waals surface area contributed by atoms with E-state index < -0.39 is 0 Å². The first-order chi connectivity index (χ1) is 15.2. The molecule has 0 saturated carbocycles. The lowest BCUT2D eigenvalue weighted by atomic mass is 10.0. The molecule has 3 aromatic rings. The molecule has 0 spiro atoms. The number of nitrogens with one attached hydrogen (secondary N) is 1. The maximum absolute atomic E-state index is 11.7. The van der Waals surface area contributed by atoms with Crippen molar-refractivity contribution >= 4 is 17.6 Å². The molecule has 3 heterocycles. The summed E-state index contributed by atoms with van der Waals surface area (Å²) in [6.45, 7) is 4.43. The van der Waals surface area contributed by atoms with Gasteiger partial charge in [0.25, 0.3) is 0 Å². The second kappa shape index (κ2) is 10.0. The zero-order valence-corrected chi connectivity index (χ0v) is 17.8. The highest BCUT2D eigenvalue weighted by Crippen LogP contribution is 2.25. The lowest BCUT2D eigenvalue weighted by Gasteiger charge is -2.22. The average Bonchev–Trinajstić information content (AvgIpc) is 3.02. The lowest BCUT2D eigenvalue weighted by Crippen LogP contribution is -2.27. The Morgan fingerprint density at radius 1 is 1.10 bits per heavy atom. The Hall–Kier alpha value is -3.48. The number of hydrogen-bond donors (Lipinski definition) is 1. The van der Waals surface area contributed by atoms with Gasteiger partial charge in [-0.15, -0.1) is 0 Å². The van der Waals surface area contributed by atoms with Crippen LogP contribution < -0.4 is 10.2 Å². The highest BCUT2D eigenvalue weighted by Gasteiger charge is 2.17. The summed E-state index contributed by atoms with van der Waals surface area (Å²) in [6, 6.07) is 14.4. The van der Waals surface area contributed by atoms with Gasteiger partial charge >= 0.3 is 5.97 Å². The van der Waals surface area contributed by atoms with Gasteiger partial charge in [0, 0.05) is 43.7 Å². The molecule has 2 aromatic heterocycles. The van der Waals surface area contributed by atoms with E-state index in [4.69, 9.17) is 9.72 Å². The van der Waals surface area contributed by atoms with Crippen molar-refractivity contribution in [2.45, 2.75) is 26.2 Å². The van der Waals surface area contributed by atoms with Crippen LogP contribution in [0.1, 0.15) is 24.5 Å². The minimum Gasteiger partial charge on any atom is -0.466 e. The van der Waals surface area contributed by atoms with E-state index >= 15 is 0 Å². The second-order valence-corrected chi connectivity index (χ2v) is 7.41. The number of esters is 1. The standard InChI is InChI=1S/C24H27N5O2/c1-2-31-23(30)9-13-26-21-16-22(28-24(27-21)20-8-5-12-25-17-20)29-14-10-18-6-3-4-7-19(18)11-15-29/h3-8,12,16-17H,2,9-11,13-15H2,1H3,(H,26,27,28). The maximum atomic E-state index is 11.7. The van der Waals surface area contributed by atoms with Crippen molar-refractivity contribution in [3.05, 3.63) is 66.0 Å². The van der Waals surface area contributed by atoms with E-state index in [-0.39, 0.29) is 12.4 Å². The Morgan fingerprint density at radius 2 is 1.87 bits per heavy atom. The van der Waals surface area contributed by atoms with Crippen LogP contribution in [0.2, 0.25) is 0 Å². The molecule has 4 rings (SSSR count). The van der Waals surface area contributed by atoms with Crippen LogP contribution in [0.15, 0.2) is 54.9 Å². The summed E-state index contributed by atoms with van der Waals surface area (Å²) >= 11 is 0. The van der Waals surface area contributed by atoms with Crippen molar-refractivity contribution in [3.8, 4) is 11.4 Å². The van der Waals surface area contributed by atoms with E-state index in [1.807, 2.05) is 25.1 Å². The van der Waals surface area contributed by atoms with Crippen molar-refractivity contribution in [3.63, 3.8) is 0 Å². The summed E-state index contributed by atoms with van der Waals surface area (Å²) in [5.41, 5.74) is 3.66. The molecule has 1 aliphatic heterocycles. The molecule has 0 atom stereocenters. The van der Waals surface area contributed by atoms with Crippen molar-refractivity contribution in [1.82, 2.24) is 15.0 Å². The summed E-state index contributed by atoms with van der Waals surface area (Å²) in [5.74, 6) is 1.96. The van der Waals surface area contributed by atoms with Crippen molar-refractivity contribution < 1.29 is 9.53 Å². The fourth-order valence-corrected chi connectivity index (χ4v) is 3.73. The maximum Gasteiger partial charge on any atom is 0.307 e. The molecule has 31 heavy (non-hydrogen) atoms. The van der Waals surface area contributed by atoms with E-state index in [0.717, 1.165) is 37.3 Å². The highest BCUT2D eigenvalue weighted by atomic mass is 16.5. The quantitative estimate of drug-likeness (QED) is 0.589. The summed E-state index contributed by atoms with van der Waals surface area (Å²) in [5, 5.41) is 3.26. The Labute approximate surface area is 182 Å². The molecule has 0 bridgehead atoms. The van der Waals surface area contributed by atoms with Gasteiger partial charge in [-0.25, -0.2) is 9.97 Å². The van der Waals surface area contributed by atoms with Gasteiger partial charge in [0.05, 0.1) is 13.0 Å². The number of ether oxygens (including phenoxy) is 1. The third kappa shape index (κ3) is 5.36. The van der Waals surface area contributed by atoms with Crippen LogP contribution in [-0.4, -0.2) is 47.2 Å². The number of carbonyl (C=O) groups excluding carboxylic acids is 1. The fourth-order valence-electron chi connectivity index (χ4n) is 3.73. The molecule has 0 amide bonds. The van der Waals surface area contributed by atoms with Crippen molar-refractivity contribution in [2.24, 2.45) is 0 Å². The Balaban J connectivity index is 1.57. The third-order valence-electron chi connectivity index (χ3n) is 5.32. The molecular formula is C24H27N5O2. The molecule has 0 saturated heterocycles. The lowest BCUT2D eigenvalue weighted by molar-refractivity contribution is -0.142. The van der Waals surface area contributed by atoms with Crippen LogP contribution in [0.3, 0.4) is 0 Å². The molecule has 7 nitrogen and oxygen atoms in total. The molecule has 160 valence electrons. The van der Waals surface area contributed by atoms with Gasteiger partial charge in [0.15, 0.2) is 5.82 Å². The average molecular weight is 418 g/mol. The zero-order chi connectivity index (χ0) is 21.5. The molecule has 1 aliphatic rings. The SMILES string of the molecule is CCOC(=O)CCNc1cc(N2CCc3ccccc3CC2)nc(-c2cccnc2)n1. The Morgan fingerprint density at radius 3 is 2.55 bits per heavy atom. The minimum atomic E-state index is -0.220. The number of benzene rings is 1.